The van der Waals surface area contributed by atoms with E-state index in [2.05, 4.69) is 5.32 Å². The summed E-state index contributed by atoms with van der Waals surface area (Å²) in [6.07, 6.45) is 6.32. The highest BCUT2D eigenvalue weighted by atomic mass is 16.1. The molecule has 0 aromatic heterocycles. The maximum absolute atomic E-state index is 9.78. The van der Waals surface area contributed by atoms with Crippen molar-refractivity contribution in [1.29, 1.82) is 0 Å². The lowest BCUT2D eigenvalue weighted by Crippen LogP contribution is -2.19. The van der Waals surface area contributed by atoms with Gasteiger partial charge in [0.25, 0.3) is 0 Å². The van der Waals surface area contributed by atoms with Crippen molar-refractivity contribution in [2.75, 3.05) is 0 Å². The standard InChI is InChI=1S/C5H6NO/c7-4-5-2-1-3-6-5/h1,3,5-6H,2H2. The Morgan fingerprint density at radius 1 is 1.86 bits per heavy atom. The van der Waals surface area contributed by atoms with Gasteiger partial charge in [-0.1, -0.05) is 6.08 Å². The van der Waals surface area contributed by atoms with Gasteiger partial charge >= 0.3 is 0 Å². The van der Waals surface area contributed by atoms with Gasteiger partial charge in [0.2, 0.25) is 6.29 Å². The average Bonchev–Trinajstić information content (AvgIpc) is 2.14. The van der Waals surface area contributed by atoms with Crippen LogP contribution in [0.4, 0.5) is 0 Å². The van der Waals surface area contributed by atoms with Gasteiger partial charge in [0.05, 0.1) is 6.04 Å². The second-order valence-corrected chi connectivity index (χ2v) is 1.48. The smallest absolute Gasteiger partial charge is 0.222 e. The van der Waals surface area contributed by atoms with Crippen LogP contribution in [0.3, 0.4) is 0 Å². The molecule has 0 bridgehead atoms. The number of nitrogens with one attached hydrogen (secondary N) is 1. The molecule has 1 aliphatic rings. The minimum Gasteiger partial charge on any atom is -0.381 e. The summed E-state index contributed by atoms with van der Waals surface area (Å²) in [6.45, 7) is 0. The second kappa shape index (κ2) is 1.78. The van der Waals surface area contributed by atoms with Gasteiger partial charge in [-0.15, -0.1) is 0 Å². The highest BCUT2D eigenvalue weighted by molar-refractivity contribution is 5.59. The molecule has 0 saturated carbocycles. The van der Waals surface area contributed by atoms with Crippen LogP contribution in [-0.2, 0) is 4.79 Å². The highest BCUT2D eigenvalue weighted by Gasteiger charge is 2.05. The average molecular weight is 96.1 g/mol. The third kappa shape index (κ3) is 0.796. The van der Waals surface area contributed by atoms with Crippen LogP contribution in [0.1, 0.15) is 6.42 Å². The zero-order valence-electron chi connectivity index (χ0n) is 3.85. The largest absolute Gasteiger partial charge is 0.381 e. The lowest BCUT2D eigenvalue weighted by molar-refractivity contribution is 0.536. The fraction of sp³-hybridized carbons (Fsp3) is 0.400. The summed E-state index contributed by atoms with van der Waals surface area (Å²) < 4.78 is 0. The normalized spacial score (nSPS) is 27.1. The summed E-state index contributed by atoms with van der Waals surface area (Å²) in [5, 5.41) is 2.80. The molecule has 0 saturated heterocycles. The summed E-state index contributed by atoms with van der Waals surface area (Å²) in [5.41, 5.74) is 0. The molecule has 2 heteroatoms. The second-order valence-electron chi connectivity index (χ2n) is 1.48. The zero-order chi connectivity index (χ0) is 5.11. The van der Waals surface area contributed by atoms with Crippen molar-refractivity contribution < 1.29 is 4.79 Å². The molecule has 1 aliphatic heterocycles. The summed E-state index contributed by atoms with van der Waals surface area (Å²) in [6, 6.07) is -0.0694. The summed E-state index contributed by atoms with van der Waals surface area (Å²) in [7, 11) is 0. The lowest BCUT2D eigenvalue weighted by atomic mass is 10.3. The molecule has 1 heterocycles. The number of carbonyl (C=O) groups excluding carboxylic acids is 1. The minimum absolute atomic E-state index is 0.0694. The summed E-state index contributed by atoms with van der Waals surface area (Å²) in [5.74, 6) is 0. The molecule has 0 spiro atoms. The third-order valence-electron chi connectivity index (χ3n) is 0.929. The molecular formula is C5H6NO. The Hall–Kier alpha value is -0.790. The van der Waals surface area contributed by atoms with E-state index in [1.54, 1.807) is 6.20 Å². The van der Waals surface area contributed by atoms with E-state index in [1.165, 1.54) is 0 Å². The van der Waals surface area contributed by atoms with E-state index in [4.69, 9.17) is 0 Å². The molecule has 7 heavy (non-hydrogen) atoms. The van der Waals surface area contributed by atoms with Crippen molar-refractivity contribution in [3.8, 4) is 0 Å². The first kappa shape index (κ1) is 4.37. The van der Waals surface area contributed by atoms with Gasteiger partial charge in [-0.25, -0.2) is 0 Å². The van der Waals surface area contributed by atoms with Crippen molar-refractivity contribution in [2.45, 2.75) is 12.5 Å². The quantitative estimate of drug-likeness (QED) is 0.496. The Labute approximate surface area is 42.2 Å². The summed E-state index contributed by atoms with van der Waals surface area (Å²) in [4.78, 5) is 9.78. The number of rotatable bonds is 1. The maximum atomic E-state index is 9.78. The van der Waals surface area contributed by atoms with Crippen LogP contribution in [0.25, 0.3) is 0 Å². The zero-order valence-corrected chi connectivity index (χ0v) is 3.85. The van der Waals surface area contributed by atoms with Crippen LogP contribution in [0.5, 0.6) is 0 Å². The number of hydrogen-bond donors (Lipinski definition) is 1. The molecule has 1 N–H and O–H groups in total. The molecule has 0 aromatic carbocycles. The molecule has 0 amide bonds. The van der Waals surface area contributed by atoms with Gasteiger partial charge in [-0.2, -0.15) is 0 Å². The topological polar surface area (TPSA) is 29.1 Å². The first-order chi connectivity index (χ1) is 3.43. The fourth-order valence-corrected chi connectivity index (χ4v) is 0.538. The van der Waals surface area contributed by atoms with Crippen LogP contribution >= 0.6 is 0 Å². The molecule has 1 unspecified atom stereocenters. The predicted octanol–water partition coefficient (Wildman–Crippen LogP) is -0.0283. The van der Waals surface area contributed by atoms with Crippen LogP contribution < -0.4 is 5.32 Å². The molecule has 37 valence electrons. The first-order valence-electron chi connectivity index (χ1n) is 2.22. The van der Waals surface area contributed by atoms with Crippen LogP contribution in [0.15, 0.2) is 12.3 Å². The van der Waals surface area contributed by atoms with E-state index in [9.17, 15) is 4.79 Å². The first-order valence-corrected chi connectivity index (χ1v) is 2.22. The predicted molar refractivity (Wildman–Crippen MR) is 26.4 cm³/mol. The molecule has 1 rings (SSSR count). The van der Waals surface area contributed by atoms with Crippen molar-refractivity contribution in [3.63, 3.8) is 0 Å². The van der Waals surface area contributed by atoms with E-state index in [-0.39, 0.29) is 6.04 Å². The molecule has 0 aliphatic carbocycles. The van der Waals surface area contributed by atoms with E-state index in [0.29, 0.717) is 0 Å². The Balaban J connectivity index is 2.35. The van der Waals surface area contributed by atoms with E-state index < -0.39 is 0 Å². The van der Waals surface area contributed by atoms with Gasteiger partial charge in [-0.05, 0) is 12.6 Å². The fourth-order valence-electron chi connectivity index (χ4n) is 0.538. The Morgan fingerprint density at radius 2 is 2.71 bits per heavy atom. The molecular weight excluding hydrogens is 90.1 g/mol. The summed E-state index contributed by atoms with van der Waals surface area (Å²) >= 11 is 0. The van der Waals surface area contributed by atoms with E-state index >= 15 is 0 Å². The molecule has 0 aromatic rings. The van der Waals surface area contributed by atoms with Crippen LogP contribution in [0.2, 0.25) is 0 Å². The third-order valence-corrected chi connectivity index (χ3v) is 0.929. The van der Waals surface area contributed by atoms with Gasteiger partial charge in [-0.3, -0.25) is 4.79 Å². The monoisotopic (exact) mass is 96.0 g/mol. The van der Waals surface area contributed by atoms with Crippen LogP contribution in [-0.4, -0.2) is 12.3 Å². The van der Waals surface area contributed by atoms with E-state index in [0.717, 1.165) is 6.42 Å². The Kier molecular flexibility index (Phi) is 1.11. The van der Waals surface area contributed by atoms with Crippen molar-refractivity contribution in [2.24, 2.45) is 0 Å². The van der Waals surface area contributed by atoms with Gasteiger partial charge in [0, 0.05) is 0 Å². The highest BCUT2D eigenvalue weighted by Crippen LogP contribution is 1.95. The van der Waals surface area contributed by atoms with Crippen molar-refractivity contribution >= 4 is 6.29 Å². The molecule has 1 atom stereocenters. The molecule has 2 nitrogen and oxygen atoms in total. The Bertz CT molecular complexity index is 90.3. The van der Waals surface area contributed by atoms with E-state index in [1.807, 2.05) is 12.4 Å². The molecule has 1 radical (unpaired) electrons. The minimum atomic E-state index is -0.0694. The maximum Gasteiger partial charge on any atom is 0.222 e. The lowest BCUT2D eigenvalue weighted by Gasteiger charge is -1.94. The van der Waals surface area contributed by atoms with Crippen molar-refractivity contribution in [3.05, 3.63) is 12.3 Å². The Morgan fingerprint density at radius 3 is 3.00 bits per heavy atom. The van der Waals surface area contributed by atoms with Gasteiger partial charge in [0.1, 0.15) is 0 Å². The number of hydrogen-bond acceptors (Lipinski definition) is 2. The van der Waals surface area contributed by atoms with Crippen LogP contribution in [0, 0.1) is 0 Å². The SMILES string of the molecule is O=[C]C1CC=CN1. The van der Waals surface area contributed by atoms with Gasteiger partial charge < -0.3 is 5.32 Å². The van der Waals surface area contributed by atoms with Gasteiger partial charge in [0.15, 0.2) is 0 Å². The van der Waals surface area contributed by atoms with Crippen molar-refractivity contribution in [1.82, 2.24) is 5.32 Å². The molecule has 0 fully saturated rings.